The topological polar surface area (TPSA) is 55.6 Å². The van der Waals surface area contributed by atoms with Crippen LogP contribution in [-0.4, -0.2) is 23.8 Å². The first-order valence-electron chi connectivity index (χ1n) is 11.6. The zero-order valence-corrected chi connectivity index (χ0v) is 19.8. The number of nitrogens with one attached hydrogen (secondary N) is 1. The van der Waals surface area contributed by atoms with Gasteiger partial charge in [0.1, 0.15) is 5.75 Å². The van der Waals surface area contributed by atoms with Crippen molar-refractivity contribution in [1.82, 2.24) is 9.99 Å². The molecule has 36 heavy (non-hydrogen) atoms. The van der Waals surface area contributed by atoms with Crippen LogP contribution < -0.4 is 10.2 Å². The average Bonchev–Trinajstić information content (AvgIpc) is 3.39. The Bertz CT molecular complexity index is 1430. The number of hydrazone groups is 1. The zero-order chi connectivity index (χ0) is 24.7. The Morgan fingerprint density at radius 1 is 0.722 bits per heavy atom. The molecule has 0 spiro atoms. The summed E-state index contributed by atoms with van der Waals surface area (Å²) in [4.78, 5) is 12.7. The van der Waals surface area contributed by atoms with Crippen LogP contribution in [0.3, 0.4) is 0 Å². The maximum atomic E-state index is 12.7. The molecule has 0 saturated carbocycles. The van der Waals surface area contributed by atoms with E-state index in [1.165, 1.54) is 0 Å². The highest BCUT2D eigenvalue weighted by Gasteiger charge is 2.14. The summed E-state index contributed by atoms with van der Waals surface area (Å²) >= 11 is 0. The number of carbonyl (C=O) groups excluding carboxylic acids is 1. The smallest absolute Gasteiger partial charge is 0.271 e. The van der Waals surface area contributed by atoms with Crippen molar-refractivity contribution in [3.05, 3.63) is 132 Å². The minimum atomic E-state index is -0.285. The van der Waals surface area contributed by atoms with Gasteiger partial charge >= 0.3 is 0 Å². The fourth-order valence-electron chi connectivity index (χ4n) is 4.14. The van der Waals surface area contributed by atoms with Crippen LogP contribution in [0.25, 0.3) is 28.2 Å². The highest BCUT2D eigenvalue weighted by Crippen LogP contribution is 2.32. The lowest BCUT2D eigenvalue weighted by atomic mass is 10.1. The van der Waals surface area contributed by atoms with Gasteiger partial charge in [-0.2, -0.15) is 5.10 Å². The van der Waals surface area contributed by atoms with Crippen LogP contribution >= 0.6 is 0 Å². The van der Waals surface area contributed by atoms with E-state index >= 15 is 0 Å². The van der Waals surface area contributed by atoms with E-state index in [2.05, 4.69) is 51.5 Å². The predicted octanol–water partition coefficient (Wildman–Crippen LogP) is 6.58. The van der Waals surface area contributed by atoms with Crippen LogP contribution in [0.1, 0.15) is 15.9 Å². The monoisotopic (exact) mass is 471 g/mol. The molecule has 0 aliphatic carbocycles. The molecular weight excluding hydrogens is 446 g/mol. The summed E-state index contributed by atoms with van der Waals surface area (Å²) in [5.41, 5.74) is 9.25. The van der Waals surface area contributed by atoms with Gasteiger partial charge in [-0.05, 0) is 59.7 Å². The number of hydrogen-bond acceptors (Lipinski definition) is 3. The van der Waals surface area contributed by atoms with Crippen LogP contribution in [0.15, 0.2) is 126 Å². The molecular formula is C31H25N3O2. The second-order valence-corrected chi connectivity index (χ2v) is 8.16. The average molecular weight is 472 g/mol. The number of hydrogen-bond donors (Lipinski definition) is 1. The van der Waals surface area contributed by atoms with Crippen molar-refractivity contribution in [3.8, 4) is 34.0 Å². The zero-order valence-electron chi connectivity index (χ0n) is 19.8. The molecule has 0 aliphatic rings. The van der Waals surface area contributed by atoms with Gasteiger partial charge in [0, 0.05) is 16.8 Å². The molecule has 0 saturated heterocycles. The Kier molecular flexibility index (Phi) is 6.72. The number of aromatic nitrogens is 1. The molecule has 0 fully saturated rings. The van der Waals surface area contributed by atoms with Crippen molar-refractivity contribution < 1.29 is 9.53 Å². The van der Waals surface area contributed by atoms with E-state index in [4.69, 9.17) is 4.74 Å². The minimum absolute atomic E-state index is 0.285. The Morgan fingerprint density at radius 2 is 1.28 bits per heavy atom. The summed E-state index contributed by atoms with van der Waals surface area (Å²) in [5.74, 6) is 0.404. The molecule has 5 rings (SSSR count). The van der Waals surface area contributed by atoms with E-state index in [-0.39, 0.29) is 5.91 Å². The molecule has 176 valence electrons. The van der Waals surface area contributed by atoms with Crippen LogP contribution in [0.5, 0.6) is 5.75 Å². The first-order valence-corrected chi connectivity index (χ1v) is 11.6. The van der Waals surface area contributed by atoms with Gasteiger partial charge < -0.3 is 9.30 Å². The normalized spacial score (nSPS) is 10.9. The molecule has 1 amide bonds. The number of para-hydroxylation sites is 1. The van der Waals surface area contributed by atoms with E-state index in [0.29, 0.717) is 11.3 Å². The van der Waals surface area contributed by atoms with E-state index in [1.807, 2.05) is 84.9 Å². The maximum absolute atomic E-state index is 12.7. The summed E-state index contributed by atoms with van der Waals surface area (Å²) in [5, 5.41) is 4.10. The molecule has 5 aromatic rings. The van der Waals surface area contributed by atoms with Crippen molar-refractivity contribution in [2.24, 2.45) is 5.10 Å². The van der Waals surface area contributed by atoms with Crippen molar-refractivity contribution in [2.75, 3.05) is 7.11 Å². The summed E-state index contributed by atoms with van der Waals surface area (Å²) in [6.07, 6.45) is 1.57. The Hall–Kier alpha value is -4.90. The van der Waals surface area contributed by atoms with Gasteiger partial charge in [0.05, 0.1) is 24.7 Å². The largest absolute Gasteiger partial charge is 0.496 e. The van der Waals surface area contributed by atoms with Gasteiger partial charge in [-0.3, -0.25) is 4.79 Å². The molecule has 4 aromatic carbocycles. The van der Waals surface area contributed by atoms with Gasteiger partial charge in [-0.25, -0.2) is 5.43 Å². The van der Waals surface area contributed by atoms with E-state index in [1.54, 1.807) is 13.3 Å². The van der Waals surface area contributed by atoms with Crippen LogP contribution in [0.2, 0.25) is 0 Å². The maximum Gasteiger partial charge on any atom is 0.271 e. The van der Waals surface area contributed by atoms with Crippen LogP contribution in [0, 0.1) is 0 Å². The molecule has 0 atom stereocenters. The lowest BCUT2D eigenvalue weighted by Crippen LogP contribution is -2.17. The van der Waals surface area contributed by atoms with Crippen molar-refractivity contribution in [3.63, 3.8) is 0 Å². The summed E-state index contributed by atoms with van der Waals surface area (Å²) in [6.45, 7) is 0. The number of methoxy groups -OCH3 is 1. The van der Waals surface area contributed by atoms with Crippen LogP contribution in [-0.2, 0) is 0 Å². The fraction of sp³-hybridized carbons (Fsp3) is 0.0323. The second kappa shape index (κ2) is 10.6. The standard InChI is InChI=1S/C31H25N3O2/c1-36-30-15-9-8-14-26(30)22-32-33-31(35)25-16-18-27(19-17-25)34-28(23-10-4-2-5-11-23)20-21-29(34)24-12-6-3-7-13-24/h2-22H,1H3,(H,33,35)/b32-22-. The van der Waals surface area contributed by atoms with Crippen molar-refractivity contribution in [1.29, 1.82) is 0 Å². The summed E-state index contributed by atoms with van der Waals surface area (Å²) in [6, 6.07) is 39.8. The van der Waals surface area contributed by atoms with E-state index < -0.39 is 0 Å². The molecule has 0 unspecified atom stereocenters. The van der Waals surface area contributed by atoms with Crippen LogP contribution in [0.4, 0.5) is 0 Å². The summed E-state index contributed by atoms with van der Waals surface area (Å²) in [7, 11) is 1.60. The first-order chi connectivity index (χ1) is 17.7. The number of ether oxygens (including phenoxy) is 1. The van der Waals surface area contributed by atoms with Gasteiger partial charge in [0.15, 0.2) is 0 Å². The number of rotatable bonds is 7. The fourth-order valence-corrected chi connectivity index (χ4v) is 4.14. The van der Waals surface area contributed by atoms with Crippen molar-refractivity contribution in [2.45, 2.75) is 0 Å². The molecule has 5 nitrogen and oxygen atoms in total. The highest BCUT2D eigenvalue weighted by atomic mass is 16.5. The summed E-state index contributed by atoms with van der Waals surface area (Å²) < 4.78 is 7.53. The molecule has 0 aliphatic heterocycles. The Morgan fingerprint density at radius 3 is 1.86 bits per heavy atom. The molecule has 1 aromatic heterocycles. The number of amides is 1. The number of nitrogens with zero attached hydrogens (tertiary/aromatic N) is 2. The lowest BCUT2D eigenvalue weighted by molar-refractivity contribution is 0.0955. The number of benzene rings is 4. The predicted molar refractivity (Wildman–Crippen MR) is 145 cm³/mol. The number of carbonyl (C=O) groups is 1. The van der Waals surface area contributed by atoms with Gasteiger partial charge in [-0.15, -0.1) is 0 Å². The minimum Gasteiger partial charge on any atom is -0.496 e. The van der Waals surface area contributed by atoms with E-state index in [9.17, 15) is 4.79 Å². The quantitative estimate of drug-likeness (QED) is 0.215. The highest BCUT2D eigenvalue weighted by molar-refractivity contribution is 5.95. The molecule has 0 bridgehead atoms. The van der Waals surface area contributed by atoms with Crippen molar-refractivity contribution >= 4 is 12.1 Å². The first kappa shape index (κ1) is 22.9. The lowest BCUT2D eigenvalue weighted by Gasteiger charge is -2.15. The third-order valence-electron chi connectivity index (χ3n) is 5.92. The van der Waals surface area contributed by atoms with Gasteiger partial charge in [-0.1, -0.05) is 72.8 Å². The second-order valence-electron chi connectivity index (χ2n) is 8.16. The Balaban J connectivity index is 1.43. The molecule has 5 heteroatoms. The third-order valence-corrected chi connectivity index (χ3v) is 5.92. The van der Waals surface area contributed by atoms with E-state index in [0.717, 1.165) is 33.8 Å². The molecule has 1 heterocycles. The SMILES string of the molecule is COc1ccccc1/C=N\NC(=O)c1ccc(-n2c(-c3ccccc3)ccc2-c2ccccc2)cc1. The Labute approximate surface area is 210 Å². The molecule has 0 radical (unpaired) electrons. The third kappa shape index (κ3) is 4.81. The van der Waals surface area contributed by atoms with Gasteiger partial charge in [0.2, 0.25) is 0 Å². The van der Waals surface area contributed by atoms with Gasteiger partial charge in [0.25, 0.3) is 5.91 Å². The molecule has 1 N–H and O–H groups in total.